The summed E-state index contributed by atoms with van der Waals surface area (Å²) in [6.07, 6.45) is 4.95. The van der Waals surface area contributed by atoms with Crippen molar-refractivity contribution in [2.24, 2.45) is 0 Å². The molecule has 0 saturated carbocycles. The molecule has 1 unspecified atom stereocenters. The van der Waals surface area contributed by atoms with E-state index in [0.717, 1.165) is 24.2 Å². The van der Waals surface area contributed by atoms with Gasteiger partial charge in [-0.25, -0.2) is 13.4 Å². The van der Waals surface area contributed by atoms with Gasteiger partial charge in [0.2, 0.25) is 0 Å². The highest BCUT2D eigenvalue weighted by Crippen LogP contribution is 2.31. The lowest BCUT2D eigenvalue weighted by molar-refractivity contribution is 0.494. The minimum Gasteiger partial charge on any atom is -0.348 e. The van der Waals surface area contributed by atoms with Gasteiger partial charge in [0.1, 0.15) is 0 Å². The van der Waals surface area contributed by atoms with Crippen LogP contribution >= 0.6 is 0 Å². The predicted octanol–water partition coefficient (Wildman–Crippen LogP) is 1.46. The number of fused-ring (bicyclic) bond motifs is 1. The van der Waals surface area contributed by atoms with Crippen LogP contribution in [0.1, 0.15) is 23.7 Å². The fourth-order valence-corrected chi connectivity index (χ4v) is 4.23. The minimum atomic E-state index is -3.10. The minimum absolute atomic E-state index is 0.109. The van der Waals surface area contributed by atoms with Gasteiger partial charge in [0.05, 0.1) is 17.0 Å². The molecule has 1 atom stereocenters. The average Bonchev–Trinajstić information content (AvgIpc) is 2.95. The van der Waals surface area contributed by atoms with Crippen LogP contribution in [0.15, 0.2) is 41.7 Å². The molecule has 106 valence electrons. The molecule has 20 heavy (non-hydrogen) atoms. The normalized spacial score (nSPS) is 20.5. The second-order valence-electron chi connectivity index (χ2n) is 4.98. The number of aromatic nitrogens is 2. The summed E-state index contributed by atoms with van der Waals surface area (Å²) in [5.41, 5.74) is 1.97. The monoisotopic (exact) mass is 291 g/mol. The van der Waals surface area contributed by atoms with E-state index in [4.69, 9.17) is 0 Å². The summed E-state index contributed by atoms with van der Waals surface area (Å²) < 4.78 is 24.1. The summed E-state index contributed by atoms with van der Waals surface area (Å²) in [4.78, 5) is 7.52. The van der Waals surface area contributed by atoms with E-state index in [1.165, 1.54) is 0 Å². The van der Waals surface area contributed by atoms with Crippen LogP contribution in [0.2, 0.25) is 0 Å². The van der Waals surface area contributed by atoms with Crippen LogP contribution in [0.3, 0.4) is 0 Å². The number of nitrogens with zero attached hydrogens (tertiary/aromatic N) is 1. The van der Waals surface area contributed by atoms with Crippen LogP contribution in [-0.4, -0.2) is 30.7 Å². The molecule has 2 aromatic rings. The van der Waals surface area contributed by atoms with Crippen molar-refractivity contribution >= 4 is 9.84 Å². The highest BCUT2D eigenvalue weighted by molar-refractivity contribution is 7.91. The first-order valence-corrected chi connectivity index (χ1v) is 8.34. The maximum atomic E-state index is 12.0. The van der Waals surface area contributed by atoms with Gasteiger partial charge in [0, 0.05) is 30.9 Å². The summed E-state index contributed by atoms with van der Waals surface area (Å²) in [5, 5.41) is 3.44. The van der Waals surface area contributed by atoms with E-state index in [1.54, 1.807) is 24.7 Å². The molecule has 0 fully saturated rings. The van der Waals surface area contributed by atoms with Crippen molar-refractivity contribution in [1.29, 1.82) is 0 Å². The zero-order chi connectivity index (χ0) is 14.0. The van der Waals surface area contributed by atoms with Gasteiger partial charge < -0.3 is 10.3 Å². The molecule has 3 rings (SSSR count). The Kier molecular flexibility index (Phi) is 3.58. The highest BCUT2D eigenvalue weighted by atomic mass is 32.2. The third-order valence-corrected chi connectivity index (χ3v) is 5.46. The Bertz CT molecular complexity index is 680. The molecule has 2 heterocycles. The van der Waals surface area contributed by atoms with Crippen LogP contribution in [-0.2, 0) is 16.3 Å². The highest BCUT2D eigenvalue weighted by Gasteiger charge is 2.29. The maximum Gasteiger partial charge on any atom is 0.178 e. The molecule has 0 aliphatic carbocycles. The van der Waals surface area contributed by atoms with Crippen LogP contribution in [0, 0.1) is 0 Å². The molecule has 6 heteroatoms. The summed E-state index contributed by atoms with van der Waals surface area (Å²) in [6, 6.07) is 7.39. The third-order valence-electron chi connectivity index (χ3n) is 3.64. The van der Waals surface area contributed by atoms with Gasteiger partial charge in [-0.05, 0) is 18.1 Å². The molecule has 0 radical (unpaired) electrons. The van der Waals surface area contributed by atoms with Crippen LogP contribution in [0.25, 0.3) is 0 Å². The van der Waals surface area contributed by atoms with Crippen LogP contribution < -0.4 is 5.32 Å². The number of H-pyrrole nitrogens is 1. The standard InChI is InChI=1S/C14H17N3O2S/c18-20(19)8-6-13(12-3-1-2-4-14(12)20)16-7-5-11-9-15-10-17-11/h1-4,9-10,13,16H,5-8H2,(H,15,17). The topological polar surface area (TPSA) is 74.8 Å². The quantitative estimate of drug-likeness (QED) is 0.894. The van der Waals surface area contributed by atoms with Gasteiger partial charge in [-0.1, -0.05) is 18.2 Å². The second-order valence-corrected chi connectivity index (χ2v) is 7.06. The Morgan fingerprint density at radius 1 is 1.35 bits per heavy atom. The van der Waals surface area contributed by atoms with Crippen LogP contribution in [0.5, 0.6) is 0 Å². The summed E-state index contributed by atoms with van der Waals surface area (Å²) in [5.74, 6) is 0.214. The first kappa shape index (κ1) is 13.3. The molecule has 1 aromatic heterocycles. The van der Waals surface area contributed by atoms with E-state index < -0.39 is 9.84 Å². The molecule has 0 bridgehead atoms. The van der Waals surface area contributed by atoms with Gasteiger partial charge in [0.15, 0.2) is 9.84 Å². The number of rotatable bonds is 4. The van der Waals surface area contributed by atoms with Gasteiger partial charge in [-0.2, -0.15) is 0 Å². The number of benzene rings is 1. The number of hydrogen-bond acceptors (Lipinski definition) is 4. The number of nitrogens with one attached hydrogen (secondary N) is 2. The molecule has 1 aromatic carbocycles. The van der Waals surface area contributed by atoms with Crippen LogP contribution in [0.4, 0.5) is 0 Å². The fourth-order valence-electron chi connectivity index (χ4n) is 2.60. The Morgan fingerprint density at radius 2 is 2.20 bits per heavy atom. The molecule has 0 saturated heterocycles. The van der Waals surface area contributed by atoms with E-state index in [9.17, 15) is 8.42 Å². The smallest absolute Gasteiger partial charge is 0.178 e. The van der Waals surface area contributed by atoms with Crippen molar-refractivity contribution in [3.8, 4) is 0 Å². The fraction of sp³-hybridized carbons (Fsp3) is 0.357. The van der Waals surface area contributed by atoms with Crippen molar-refractivity contribution < 1.29 is 8.42 Å². The van der Waals surface area contributed by atoms with Crippen molar-refractivity contribution in [3.05, 3.63) is 48.0 Å². The number of imidazole rings is 1. The van der Waals surface area contributed by atoms with Crippen molar-refractivity contribution in [1.82, 2.24) is 15.3 Å². The average molecular weight is 291 g/mol. The van der Waals surface area contributed by atoms with E-state index >= 15 is 0 Å². The Balaban J connectivity index is 1.72. The van der Waals surface area contributed by atoms with Crippen molar-refractivity contribution in [3.63, 3.8) is 0 Å². The number of sulfone groups is 1. The molecule has 1 aliphatic heterocycles. The van der Waals surface area contributed by atoms with Gasteiger partial charge >= 0.3 is 0 Å². The molecule has 2 N–H and O–H groups in total. The maximum absolute atomic E-state index is 12.0. The van der Waals surface area contributed by atoms with Crippen molar-refractivity contribution in [2.45, 2.75) is 23.8 Å². The first-order valence-electron chi connectivity index (χ1n) is 6.69. The molecule has 0 amide bonds. The Hall–Kier alpha value is -1.66. The number of aromatic amines is 1. The largest absolute Gasteiger partial charge is 0.348 e. The zero-order valence-electron chi connectivity index (χ0n) is 11.0. The number of hydrogen-bond donors (Lipinski definition) is 2. The summed E-state index contributed by atoms with van der Waals surface area (Å²) in [6.45, 7) is 0.793. The van der Waals surface area contributed by atoms with Gasteiger partial charge in [-0.15, -0.1) is 0 Å². The summed E-state index contributed by atoms with van der Waals surface area (Å²) in [7, 11) is -3.10. The van der Waals surface area contributed by atoms with Crippen molar-refractivity contribution in [2.75, 3.05) is 12.3 Å². The molecular formula is C14H17N3O2S. The predicted molar refractivity (Wildman–Crippen MR) is 76.1 cm³/mol. The Labute approximate surface area is 118 Å². The third kappa shape index (κ3) is 2.62. The second kappa shape index (κ2) is 5.38. The van der Waals surface area contributed by atoms with Gasteiger partial charge in [0.25, 0.3) is 0 Å². The van der Waals surface area contributed by atoms with E-state index in [-0.39, 0.29) is 11.8 Å². The Morgan fingerprint density at radius 3 is 3.00 bits per heavy atom. The van der Waals surface area contributed by atoms with E-state index in [2.05, 4.69) is 15.3 Å². The lowest BCUT2D eigenvalue weighted by Gasteiger charge is -2.26. The molecular weight excluding hydrogens is 274 g/mol. The SMILES string of the molecule is O=S1(=O)CCC(NCCc2cnc[nH]2)c2ccccc21. The first-order chi connectivity index (χ1) is 9.67. The zero-order valence-corrected chi connectivity index (χ0v) is 11.9. The van der Waals surface area contributed by atoms with E-state index in [1.807, 2.05) is 12.1 Å². The molecule has 1 aliphatic rings. The van der Waals surface area contributed by atoms with Gasteiger partial charge in [-0.3, -0.25) is 0 Å². The van der Waals surface area contributed by atoms with E-state index in [0.29, 0.717) is 11.3 Å². The molecule has 5 nitrogen and oxygen atoms in total. The lowest BCUT2D eigenvalue weighted by atomic mass is 10.0. The molecule has 0 spiro atoms. The summed E-state index contributed by atoms with van der Waals surface area (Å²) >= 11 is 0. The lowest BCUT2D eigenvalue weighted by Crippen LogP contribution is -2.31.